The van der Waals surface area contributed by atoms with Crippen molar-refractivity contribution in [2.75, 3.05) is 46.0 Å². The van der Waals surface area contributed by atoms with Crippen LogP contribution in [0.1, 0.15) is 37.7 Å². The monoisotopic (exact) mass is 373 g/mol. The molecule has 6 nitrogen and oxygen atoms in total. The lowest BCUT2D eigenvalue weighted by molar-refractivity contribution is 0.00699. The van der Waals surface area contributed by atoms with Gasteiger partial charge in [0.1, 0.15) is 5.75 Å². The van der Waals surface area contributed by atoms with E-state index >= 15 is 0 Å². The average molecular weight is 373 g/mol. The molecule has 2 atom stereocenters. The summed E-state index contributed by atoms with van der Waals surface area (Å²) in [5.74, 6) is 1.29. The second-order valence-electron chi connectivity index (χ2n) is 7.94. The van der Waals surface area contributed by atoms with Crippen LogP contribution in [0, 0.1) is 0 Å². The highest BCUT2D eigenvalue weighted by Gasteiger charge is 2.32. The predicted octanol–water partition coefficient (Wildman–Crippen LogP) is 2.45. The Labute approximate surface area is 161 Å². The molecule has 0 radical (unpaired) electrons. The number of carbonyl (C=O) groups is 1. The molecule has 1 aromatic carbocycles. The van der Waals surface area contributed by atoms with E-state index in [-0.39, 0.29) is 12.1 Å². The number of hydrogen-bond acceptors (Lipinski definition) is 4. The first-order valence-electron chi connectivity index (χ1n) is 10.3. The van der Waals surface area contributed by atoms with Gasteiger partial charge in [-0.15, -0.1) is 0 Å². The zero-order valence-corrected chi connectivity index (χ0v) is 16.2. The Kier molecular flexibility index (Phi) is 5.83. The Bertz CT molecular complexity index is 647. The molecule has 3 aliphatic rings. The van der Waals surface area contributed by atoms with Gasteiger partial charge in [-0.3, -0.25) is 4.90 Å². The van der Waals surface area contributed by atoms with Crippen LogP contribution >= 0.6 is 0 Å². The minimum absolute atomic E-state index is 0.0677. The van der Waals surface area contributed by atoms with E-state index in [0.717, 1.165) is 64.5 Å². The number of fused-ring (bicyclic) bond motifs is 1. The van der Waals surface area contributed by atoms with E-state index in [0.29, 0.717) is 18.5 Å². The summed E-state index contributed by atoms with van der Waals surface area (Å²) >= 11 is 0. The van der Waals surface area contributed by atoms with Crippen LogP contribution in [0.4, 0.5) is 4.79 Å². The van der Waals surface area contributed by atoms with Gasteiger partial charge in [0.05, 0.1) is 6.61 Å². The largest absolute Gasteiger partial charge is 0.493 e. The molecule has 6 heteroatoms. The Morgan fingerprint density at radius 3 is 2.78 bits per heavy atom. The molecule has 0 saturated carbocycles. The normalized spacial score (nSPS) is 26.9. The Morgan fingerprint density at radius 2 is 1.96 bits per heavy atom. The lowest BCUT2D eigenvalue weighted by Gasteiger charge is -2.44. The predicted molar refractivity (Wildman–Crippen MR) is 104 cm³/mol. The third-order valence-corrected chi connectivity index (χ3v) is 6.21. The molecule has 0 aromatic heterocycles. The highest BCUT2D eigenvalue weighted by Crippen LogP contribution is 2.32. The summed E-state index contributed by atoms with van der Waals surface area (Å²) < 4.78 is 11.2. The molecule has 3 heterocycles. The molecule has 0 aliphatic carbocycles. The lowest BCUT2D eigenvalue weighted by atomic mass is 9.93. The van der Waals surface area contributed by atoms with E-state index < -0.39 is 0 Å². The summed E-state index contributed by atoms with van der Waals surface area (Å²) in [6, 6.07) is 9.09. The molecular formula is C21H31N3O3. The van der Waals surface area contributed by atoms with Crippen molar-refractivity contribution in [1.82, 2.24) is 15.1 Å². The molecule has 2 amide bonds. The van der Waals surface area contributed by atoms with Gasteiger partial charge in [-0.2, -0.15) is 0 Å². The Morgan fingerprint density at radius 1 is 1.15 bits per heavy atom. The summed E-state index contributed by atoms with van der Waals surface area (Å²) in [5.41, 5.74) is 1.21. The number of carbonyl (C=O) groups excluding carboxylic acids is 1. The number of rotatable bonds is 3. The van der Waals surface area contributed by atoms with Crippen molar-refractivity contribution in [2.45, 2.75) is 44.2 Å². The maximum atomic E-state index is 12.8. The van der Waals surface area contributed by atoms with Gasteiger partial charge in [-0.1, -0.05) is 18.2 Å². The molecule has 0 spiro atoms. The molecular weight excluding hydrogens is 342 g/mol. The zero-order chi connectivity index (χ0) is 18.6. The second kappa shape index (κ2) is 8.48. The van der Waals surface area contributed by atoms with Crippen molar-refractivity contribution in [3.8, 4) is 5.75 Å². The Hall–Kier alpha value is -1.79. The van der Waals surface area contributed by atoms with Crippen LogP contribution in [0.3, 0.4) is 0 Å². The number of nitrogens with one attached hydrogen (secondary N) is 1. The van der Waals surface area contributed by atoms with Gasteiger partial charge in [0.25, 0.3) is 0 Å². The third kappa shape index (κ3) is 4.22. The fraction of sp³-hybridized carbons (Fsp3) is 0.667. The topological polar surface area (TPSA) is 54.0 Å². The minimum Gasteiger partial charge on any atom is -0.493 e. The van der Waals surface area contributed by atoms with Crippen LogP contribution in [0.5, 0.6) is 5.75 Å². The number of hydrogen-bond donors (Lipinski definition) is 1. The van der Waals surface area contributed by atoms with Crippen LogP contribution in [-0.4, -0.2) is 73.9 Å². The number of nitrogens with zero attached hydrogens (tertiary/aromatic N) is 2. The summed E-state index contributed by atoms with van der Waals surface area (Å²) in [6.45, 7) is 8.01. The molecule has 2 saturated heterocycles. The summed E-state index contributed by atoms with van der Waals surface area (Å²) in [4.78, 5) is 17.3. The zero-order valence-electron chi connectivity index (χ0n) is 16.2. The number of ether oxygens (including phenoxy) is 2. The molecule has 148 valence electrons. The van der Waals surface area contributed by atoms with Crippen LogP contribution < -0.4 is 10.1 Å². The van der Waals surface area contributed by atoms with Gasteiger partial charge in [0.2, 0.25) is 0 Å². The molecule has 4 rings (SSSR count). The molecule has 1 unspecified atom stereocenters. The number of piperazine rings is 1. The highest BCUT2D eigenvalue weighted by atomic mass is 16.5. The number of urea groups is 1. The van der Waals surface area contributed by atoms with E-state index in [1.165, 1.54) is 5.56 Å². The second-order valence-corrected chi connectivity index (χ2v) is 7.94. The molecule has 2 fully saturated rings. The molecule has 1 N–H and O–H groups in total. The van der Waals surface area contributed by atoms with Gasteiger partial charge in [0.15, 0.2) is 0 Å². The third-order valence-electron chi connectivity index (χ3n) is 6.21. The van der Waals surface area contributed by atoms with E-state index in [2.05, 4.69) is 23.2 Å². The van der Waals surface area contributed by atoms with Gasteiger partial charge in [-0.25, -0.2) is 4.79 Å². The first kappa shape index (κ1) is 18.6. The van der Waals surface area contributed by atoms with E-state index in [1.54, 1.807) is 0 Å². The standard InChI is InChI=1S/C21H31N3O3/c1-16-15-23(18-7-11-26-12-8-18)9-10-24(16)21(25)22-14-17-6-13-27-20-5-3-2-4-19(17)20/h2-5,16-18H,6-15H2,1H3,(H,22,25)/t16-,17?/m1/s1. The quantitative estimate of drug-likeness (QED) is 0.884. The van der Waals surface area contributed by atoms with E-state index in [1.807, 2.05) is 23.1 Å². The average Bonchev–Trinajstić information content (AvgIpc) is 2.72. The first-order valence-corrected chi connectivity index (χ1v) is 10.3. The van der Waals surface area contributed by atoms with Crippen LogP contribution in [0.2, 0.25) is 0 Å². The minimum atomic E-state index is 0.0677. The first-order chi connectivity index (χ1) is 13.2. The van der Waals surface area contributed by atoms with Gasteiger partial charge < -0.3 is 19.7 Å². The fourth-order valence-electron chi connectivity index (χ4n) is 4.61. The number of amides is 2. The van der Waals surface area contributed by atoms with Crippen molar-refractivity contribution in [3.63, 3.8) is 0 Å². The highest BCUT2D eigenvalue weighted by molar-refractivity contribution is 5.74. The van der Waals surface area contributed by atoms with E-state index in [9.17, 15) is 4.79 Å². The van der Waals surface area contributed by atoms with Crippen LogP contribution in [-0.2, 0) is 4.74 Å². The SMILES string of the molecule is C[C@@H]1CN(C2CCOCC2)CCN1C(=O)NCC1CCOc2ccccc21. The van der Waals surface area contributed by atoms with Crippen LogP contribution in [0.15, 0.2) is 24.3 Å². The summed E-state index contributed by atoms with van der Waals surface area (Å²) in [5, 5.41) is 3.18. The van der Waals surface area contributed by atoms with Crippen LogP contribution in [0.25, 0.3) is 0 Å². The molecule has 0 bridgehead atoms. The summed E-state index contributed by atoms with van der Waals surface area (Å²) in [7, 11) is 0. The summed E-state index contributed by atoms with van der Waals surface area (Å²) in [6.07, 6.45) is 3.18. The van der Waals surface area contributed by atoms with Gasteiger partial charge in [-0.05, 0) is 37.8 Å². The van der Waals surface area contributed by atoms with Crippen molar-refractivity contribution in [1.29, 1.82) is 0 Å². The fourth-order valence-corrected chi connectivity index (χ4v) is 4.61. The van der Waals surface area contributed by atoms with Gasteiger partial charge in [0, 0.05) is 57.4 Å². The number of para-hydroxylation sites is 1. The Balaban J connectivity index is 1.29. The maximum Gasteiger partial charge on any atom is 0.317 e. The van der Waals surface area contributed by atoms with Gasteiger partial charge >= 0.3 is 6.03 Å². The van der Waals surface area contributed by atoms with Crippen molar-refractivity contribution in [3.05, 3.63) is 29.8 Å². The number of benzene rings is 1. The lowest BCUT2D eigenvalue weighted by Crippen LogP contribution is -2.59. The van der Waals surface area contributed by atoms with Crippen molar-refractivity contribution >= 4 is 6.03 Å². The van der Waals surface area contributed by atoms with Crippen molar-refractivity contribution in [2.24, 2.45) is 0 Å². The molecule has 1 aromatic rings. The smallest absolute Gasteiger partial charge is 0.317 e. The molecule has 3 aliphatic heterocycles. The maximum absolute atomic E-state index is 12.8. The van der Waals surface area contributed by atoms with E-state index in [4.69, 9.17) is 9.47 Å². The molecule has 27 heavy (non-hydrogen) atoms. The van der Waals surface area contributed by atoms with Crippen molar-refractivity contribution < 1.29 is 14.3 Å².